The largest absolute Gasteiger partial charge is 0.477 e. The number of hydrogen-bond acceptors (Lipinski definition) is 7. The molecule has 0 radical (unpaired) electrons. The maximum atomic E-state index is 11.7. The van der Waals surface area contributed by atoms with Crippen molar-refractivity contribution in [2.24, 2.45) is 0 Å². The zero-order valence-electron chi connectivity index (χ0n) is 10.8. The second-order valence-corrected chi connectivity index (χ2v) is 4.34. The molecule has 10 nitrogen and oxygen atoms in total. The first-order valence-electron chi connectivity index (χ1n) is 5.76. The molecular weight excluding hydrogens is 284 g/mol. The van der Waals surface area contributed by atoms with E-state index in [0.717, 1.165) is 17.2 Å². The highest BCUT2D eigenvalue weighted by Crippen LogP contribution is 2.22. The van der Waals surface area contributed by atoms with Crippen molar-refractivity contribution in [2.75, 3.05) is 12.4 Å². The second kappa shape index (κ2) is 5.15. The fourth-order valence-electron chi connectivity index (χ4n) is 1.89. The van der Waals surface area contributed by atoms with Crippen molar-refractivity contribution in [3.8, 4) is 0 Å². The fraction of sp³-hybridized carbons (Fsp3) is 0.273. The Hall–Kier alpha value is -3.04. The molecule has 1 saturated heterocycles. The third-order valence-electron chi connectivity index (χ3n) is 3.01. The van der Waals surface area contributed by atoms with Crippen molar-refractivity contribution >= 4 is 29.3 Å². The van der Waals surface area contributed by atoms with Crippen LogP contribution in [-0.2, 0) is 9.59 Å². The summed E-state index contributed by atoms with van der Waals surface area (Å²) in [5.41, 5.74) is -1.21. The lowest BCUT2D eigenvalue weighted by Gasteiger charge is -2.11. The fourth-order valence-corrected chi connectivity index (χ4v) is 1.89. The molecule has 110 valence electrons. The molecule has 21 heavy (non-hydrogen) atoms. The molecule has 2 rings (SSSR count). The van der Waals surface area contributed by atoms with Gasteiger partial charge in [0.15, 0.2) is 0 Å². The minimum Gasteiger partial charge on any atom is -0.477 e. The molecule has 0 saturated carbocycles. The van der Waals surface area contributed by atoms with Gasteiger partial charge in [-0.15, -0.1) is 0 Å². The van der Waals surface area contributed by atoms with Crippen LogP contribution >= 0.6 is 0 Å². The van der Waals surface area contributed by atoms with Crippen LogP contribution in [0.25, 0.3) is 0 Å². The number of hydrogen-bond donors (Lipinski definition) is 2. The number of aromatic nitrogens is 1. The molecule has 2 amide bonds. The lowest BCUT2D eigenvalue weighted by atomic mass is 10.2. The minimum atomic E-state index is -1.49. The number of pyridine rings is 1. The Bertz CT molecular complexity index is 658. The van der Waals surface area contributed by atoms with Crippen LogP contribution in [0.1, 0.15) is 16.8 Å². The smallest absolute Gasteiger partial charge is 0.342 e. The Balaban J connectivity index is 2.28. The summed E-state index contributed by atoms with van der Waals surface area (Å²) in [4.78, 5) is 48.5. The molecule has 1 fully saturated rings. The van der Waals surface area contributed by atoms with Crippen molar-refractivity contribution in [1.82, 2.24) is 9.88 Å². The molecule has 1 unspecified atom stereocenters. The normalized spacial score (nSPS) is 18.0. The Morgan fingerprint density at radius 2 is 2.24 bits per heavy atom. The Morgan fingerprint density at radius 1 is 1.57 bits per heavy atom. The molecule has 1 atom stereocenters. The molecule has 1 aliphatic rings. The van der Waals surface area contributed by atoms with Crippen LogP contribution < -0.4 is 5.32 Å². The second-order valence-electron chi connectivity index (χ2n) is 4.34. The highest BCUT2D eigenvalue weighted by atomic mass is 16.6. The number of rotatable bonds is 4. The molecule has 1 aromatic heterocycles. The Kier molecular flexibility index (Phi) is 3.52. The summed E-state index contributed by atoms with van der Waals surface area (Å²) < 4.78 is 0. The number of aromatic carboxylic acids is 1. The van der Waals surface area contributed by atoms with E-state index in [1.807, 2.05) is 0 Å². The topological polar surface area (TPSA) is 143 Å². The predicted molar refractivity (Wildman–Crippen MR) is 67.7 cm³/mol. The van der Waals surface area contributed by atoms with Crippen LogP contribution in [0.4, 0.5) is 11.5 Å². The molecule has 10 heteroatoms. The standard InChI is InChI=1S/C11H10N4O6/c1-14-9(16)3-6(10(14)17)13-8-2-5(11(18)19)7(4-12-8)15(20)21/h2,4,6H,3H2,1H3,(H,12,13)(H,18,19). The van der Waals surface area contributed by atoms with Crippen LogP contribution in [0.3, 0.4) is 0 Å². The highest BCUT2D eigenvalue weighted by molar-refractivity contribution is 6.06. The van der Waals surface area contributed by atoms with Gasteiger partial charge in [0.1, 0.15) is 23.6 Å². The number of likely N-dealkylation sites (N-methyl/N-ethyl adjacent to an activating group) is 1. The van der Waals surface area contributed by atoms with E-state index in [-0.39, 0.29) is 18.1 Å². The molecule has 0 aromatic carbocycles. The van der Waals surface area contributed by atoms with Gasteiger partial charge in [0.2, 0.25) is 5.91 Å². The first-order valence-corrected chi connectivity index (χ1v) is 5.76. The van der Waals surface area contributed by atoms with Gasteiger partial charge in [-0.25, -0.2) is 9.78 Å². The van der Waals surface area contributed by atoms with Crippen molar-refractivity contribution in [2.45, 2.75) is 12.5 Å². The van der Waals surface area contributed by atoms with Gasteiger partial charge >= 0.3 is 11.7 Å². The zero-order chi connectivity index (χ0) is 15.7. The number of carboxylic acid groups (broad SMARTS) is 1. The first-order chi connectivity index (χ1) is 9.81. The average molecular weight is 294 g/mol. The first kappa shape index (κ1) is 14.4. The van der Waals surface area contributed by atoms with Gasteiger partial charge in [-0.05, 0) is 0 Å². The number of nitro groups is 1. The van der Waals surface area contributed by atoms with Gasteiger partial charge in [-0.1, -0.05) is 0 Å². The molecule has 0 aliphatic carbocycles. The SMILES string of the molecule is CN1C(=O)CC(Nc2cc(C(=O)O)c([N+](=O)[O-])cn2)C1=O. The summed E-state index contributed by atoms with van der Waals surface area (Å²) in [5.74, 6) is -2.37. The maximum Gasteiger partial charge on any atom is 0.342 e. The maximum absolute atomic E-state index is 11.7. The van der Waals surface area contributed by atoms with Crippen molar-refractivity contribution in [3.63, 3.8) is 0 Å². The Morgan fingerprint density at radius 3 is 2.71 bits per heavy atom. The molecular formula is C11H10N4O6. The van der Waals surface area contributed by atoms with Crippen molar-refractivity contribution < 1.29 is 24.4 Å². The van der Waals surface area contributed by atoms with E-state index in [4.69, 9.17) is 5.11 Å². The van der Waals surface area contributed by atoms with E-state index >= 15 is 0 Å². The summed E-state index contributed by atoms with van der Waals surface area (Å²) in [6.07, 6.45) is 0.702. The van der Waals surface area contributed by atoms with Gasteiger partial charge < -0.3 is 10.4 Å². The number of likely N-dealkylation sites (tertiary alicyclic amines) is 1. The molecule has 0 spiro atoms. The average Bonchev–Trinajstić information content (AvgIpc) is 2.66. The lowest BCUT2D eigenvalue weighted by Crippen LogP contribution is -2.32. The number of anilines is 1. The number of nitrogens with zero attached hydrogens (tertiary/aromatic N) is 3. The van der Waals surface area contributed by atoms with Gasteiger partial charge in [0, 0.05) is 13.1 Å². The Labute approximate surface area is 117 Å². The number of amides is 2. The van der Waals surface area contributed by atoms with Gasteiger partial charge in [-0.2, -0.15) is 0 Å². The van der Waals surface area contributed by atoms with Gasteiger partial charge in [0.25, 0.3) is 5.91 Å². The summed E-state index contributed by atoms with van der Waals surface area (Å²) >= 11 is 0. The number of carbonyl (C=O) groups excluding carboxylic acids is 2. The summed E-state index contributed by atoms with van der Waals surface area (Å²) in [7, 11) is 1.33. The monoisotopic (exact) mass is 294 g/mol. The van der Waals surface area contributed by atoms with Crippen LogP contribution in [0.2, 0.25) is 0 Å². The molecule has 1 aromatic rings. The van der Waals surface area contributed by atoms with E-state index in [2.05, 4.69) is 10.3 Å². The van der Waals surface area contributed by atoms with Crippen molar-refractivity contribution in [3.05, 3.63) is 27.9 Å². The summed E-state index contributed by atoms with van der Waals surface area (Å²) in [6, 6.07) is 0.0920. The number of carbonyl (C=O) groups is 3. The quantitative estimate of drug-likeness (QED) is 0.443. The third-order valence-corrected chi connectivity index (χ3v) is 3.01. The lowest BCUT2D eigenvalue weighted by molar-refractivity contribution is -0.385. The molecule has 2 heterocycles. The number of nitrogens with one attached hydrogen (secondary N) is 1. The van der Waals surface area contributed by atoms with Gasteiger partial charge in [-0.3, -0.25) is 24.6 Å². The van der Waals surface area contributed by atoms with Crippen LogP contribution in [0, 0.1) is 10.1 Å². The zero-order valence-corrected chi connectivity index (χ0v) is 10.8. The van der Waals surface area contributed by atoms with Crippen molar-refractivity contribution in [1.29, 1.82) is 0 Å². The van der Waals surface area contributed by atoms with E-state index in [0.29, 0.717) is 0 Å². The minimum absolute atomic E-state index is 0.0283. The van der Waals surface area contributed by atoms with E-state index < -0.39 is 34.1 Å². The van der Waals surface area contributed by atoms with E-state index in [1.165, 1.54) is 7.05 Å². The van der Waals surface area contributed by atoms with E-state index in [9.17, 15) is 24.5 Å². The number of carboxylic acids is 1. The van der Waals surface area contributed by atoms with E-state index in [1.54, 1.807) is 0 Å². The predicted octanol–water partition coefficient (Wildman–Crippen LogP) is -0.143. The van der Waals surface area contributed by atoms with Crippen LogP contribution in [0.15, 0.2) is 12.3 Å². The number of imide groups is 1. The molecule has 1 aliphatic heterocycles. The van der Waals surface area contributed by atoms with Gasteiger partial charge in [0.05, 0.1) is 11.3 Å². The molecule has 0 bridgehead atoms. The highest BCUT2D eigenvalue weighted by Gasteiger charge is 2.36. The summed E-state index contributed by atoms with van der Waals surface area (Å²) in [5, 5.41) is 22.2. The third kappa shape index (κ3) is 2.63. The van der Waals surface area contributed by atoms with Crippen LogP contribution in [-0.4, -0.2) is 50.8 Å². The van der Waals surface area contributed by atoms with Crippen LogP contribution in [0.5, 0.6) is 0 Å². The summed E-state index contributed by atoms with van der Waals surface area (Å²) in [6.45, 7) is 0. The molecule has 2 N–H and O–H groups in total.